The number of carboxylic acids is 1. The molecule has 172 valence electrons. The molecule has 34 heavy (non-hydrogen) atoms. The standard InChI is InChI=1S/C26H24N4O4/c27-26-25-23(17-6-8-20(9-7-17)34-19-4-2-1-3-5-19)21(10-11-22(31)32)24(30(25)29-16-28-26)18-12-14-33-15-13-18/h1-11,16,18H,12-15H2,(H,31,32)(H2,27,28,29)/b11-10+. The molecule has 4 aromatic rings. The first-order valence-corrected chi connectivity index (χ1v) is 11.1. The smallest absolute Gasteiger partial charge is 0.328 e. The maximum Gasteiger partial charge on any atom is 0.328 e. The Balaban J connectivity index is 1.66. The second-order valence-electron chi connectivity index (χ2n) is 8.08. The van der Waals surface area contributed by atoms with Crippen LogP contribution in [0, 0.1) is 0 Å². The molecule has 0 bridgehead atoms. The number of carboxylic acid groups (broad SMARTS) is 1. The van der Waals surface area contributed by atoms with Crippen LogP contribution >= 0.6 is 0 Å². The largest absolute Gasteiger partial charge is 0.478 e. The zero-order valence-corrected chi connectivity index (χ0v) is 18.4. The van der Waals surface area contributed by atoms with Gasteiger partial charge < -0.3 is 20.3 Å². The van der Waals surface area contributed by atoms with Crippen molar-refractivity contribution < 1.29 is 19.4 Å². The van der Waals surface area contributed by atoms with Crippen LogP contribution in [0.4, 0.5) is 5.82 Å². The highest BCUT2D eigenvalue weighted by Gasteiger charge is 2.28. The lowest BCUT2D eigenvalue weighted by Gasteiger charge is -2.22. The zero-order valence-electron chi connectivity index (χ0n) is 18.4. The summed E-state index contributed by atoms with van der Waals surface area (Å²) in [6, 6.07) is 17.2. The van der Waals surface area contributed by atoms with Crippen LogP contribution in [0.5, 0.6) is 11.5 Å². The number of rotatable bonds is 6. The van der Waals surface area contributed by atoms with Gasteiger partial charge in [-0.1, -0.05) is 30.3 Å². The van der Waals surface area contributed by atoms with E-state index < -0.39 is 5.97 Å². The van der Waals surface area contributed by atoms with Crippen molar-refractivity contribution in [2.45, 2.75) is 18.8 Å². The number of aromatic nitrogens is 3. The summed E-state index contributed by atoms with van der Waals surface area (Å²) < 4.78 is 13.3. The predicted molar refractivity (Wildman–Crippen MR) is 129 cm³/mol. The molecule has 0 spiro atoms. The fourth-order valence-electron chi connectivity index (χ4n) is 4.45. The first-order chi connectivity index (χ1) is 16.6. The minimum absolute atomic E-state index is 0.151. The zero-order chi connectivity index (χ0) is 23.5. The molecule has 0 unspecified atom stereocenters. The number of benzene rings is 2. The number of aliphatic carboxylic acids is 1. The maximum absolute atomic E-state index is 11.4. The van der Waals surface area contributed by atoms with E-state index in [0.29, 0.717) is 30.3 Å². The van der Waals surface area contributed by atoms with Crippen molar-refractivity contribution in [1.29, 1.82) is 0 Å². The van der Waals surface area contributed by atoms with Gasteiger partial charge in [-0.25, -0.2) is 14.3 Å². The van der Waals surface area contributed by atoms with Gasteiger partial charge >= 0.3 is 5.97 Å². The highest BCUT2D eigenvalue weighted by atomic mass is 16.5. The lowest BCUT2D eigenvalue weighted by atomic mass is 9.91. The molecule has 3 N–H and O–H groups in total. The summed E-state index contributed by atoms with van der Waals surface area (Å²) in [5.74, 6) is 0.894. The Morgan fingerprint density at radius 2 is 1.79 bits per heavy atom. The van der Waals surface area contributed by atoms with Gasteiger partial charge in [0.15, 0.2) is 5.82 Å². The van der Waals surface area contributed by atoms with E-state index in [2.05, 4.69) is 10.1 Å². The Hall–Kier alpha value is -4.17. The molecule has 1 aliphatic heterocycles. The van der Waals surface area contributed by atoms with Crippen molar-refractivity contribution in [2.24, 2.45) is 0 Å². The molecular weight excluding hydrogens is 432 g/mol. The molecule has 1 aliphatic rings. The third-order valence-corrected chi connectivity index (χ3v) is 5.95. The maximum atomic E-state index is 11.4. The minimum Gasteiger partial charge on any atom is -0.478 e. The number of carbonyl (C=O) groups is 1. The van der Waals surface area contributed by atoms with Crippen LogP contribution in [-0.2, 0) is 9.53 Å². The predicted octanol–water partition coefficient (Wildman–Crippen LogP) is 4.76. The van der Waals surface area contributed by atoms with Gasteiger partial charge in [-0.05, 0) is 48.7 Å². The van der Waals surface area contributed by atoms with Crippen molar-refractivity contribution in [3.63, 3.8) is 0 Å². The summed E-state index contributed by atoms with van der Waals surface area (Å²) in [6.07, 6.45) is 5.83. The minimum atomic E-state index is -1.02. The highest BCUT2D eigenvalue weighted by Crippen LogP contribution is 2.42. The second-order valence-corrected chi connectivity index (χ2v) is 8.08. The second kappa shape index (κ2) is 9.36. The van der Waals surface area contributed by atoms with Crippen molar-refractivity contribution in [3.05, 3.63) is 78.3 Å². The molecule has 0 saturated carbocycles. The Labute approximate surface area is 196 Å². The van der Waals surface area contributed by atoms with Gasteiger partial charge in [-0.3, -0.25) is 0 Å². The summed E-state index contributed by atoms with van der Waals surface area (Å²) in [7, 11) is 0. The van der Waals surface area contributed by atoms with E-state index in [0.717, 1.165) is 47.1 Å². The molecular formula is C26H24N4O4. The highest BCUT2D eigenvalue weighted by molar-refractivity contribution is 5.97. The van der Waals surface area contributed by atoms with Gasteiger partial charge in [-0.2, -0.15) is 5.10 Å². The average molecular weight is 457 g/mol. The Bertz CT molecular complexity index is 1340. The summed E-state index contributed by atoms with van der Waals surface area (Å²) in [6.45, 7) is 1.28. The van der Waals surface area contributed by atoms with Crippen LogP contribution in [0.3, 0.4) is 0 Å². The number of anilines is 1. The molecule has 5 rings (SSSR count). The molecule has 0 aliphatic carbocycles. The van der Waals surface area contributed by atoms with Crippen LogP contribution in [0.25, 0.3) is 22.7 Å². The van der Waals surface area contributed by atoms with Gasteiger partial charge in [0.25, 0.3) is 0 Å². The van der Waals surface area contributed by atoms with Crippen LogP contribution in [0.1, 0.15) is 30.0 Å². The first-order valence-electron chi connectivity index (χ1n) is 11.1. The number of para-hydroxylation sites is 1. The fourth-order valence-corrected chi connectivity index (χ4v) is 4.45. The third kappa shape index (κ3) is 4.23. The SMILES string of the molecule is Nc1ncnn2c(C3CCOCC3)c(/C=C/C(=O)O)c(-c3ccc(Oc4ccccc4)cc3)c12. The molecule has 0 radical (unpaired) electrons. The molecule has 2 aromatic heterocycles. The molecule has 8 heteroatoms. The van der Waals surface area contributed by atoms with E-state index in [1.165, 1.54) is 6.33 Å². The van der Waals surface area contributed by atoms with Gasteiger partial charge in [0, 0.05) is 36.3 Å². The Kier molecular flexibility index (Phi) is 5.97. The van der Waals surface area contributed by atoms with Crippen molar-refractivity contribution in [1.82, 2.24) is 14.6 Å². The lowest BCUT2D eigenvalue weighted by Crippen LogP contribution is -2.17. The number of hydrogen-bond acceptors (Lipinski definition) is 6. The number of fused-ring (bicyclic) bond motifs is 1. The van der Waals surface area contributed by atoms with Crippen LogP contribution in [-0.4, -0.2) is 38.9 Å². The van der Waals surface area contributed by atoms with Gasteiger partial charge in [0.1, 0.15) is 23.3 Å². The van der Waals surface area contributed by atoms with Gasteiger partial charge in [-0.15, -0.1) is 0 Å². The molecule has 1 fully saturated rings. The number of nitrogens with two attached hydrogens (primary N) is 1. The van der Waals surface area contributed by atoms with Crippen LogP contribution < -0.4 is 10.5 Å². The van der Waals surface area contributed by atoms with Crippen molar-refractivity contribution in [2.75, 3.05) is 18.9 Å². The topological polar surface area (TPSA) is 112 Å². The van der Waals surface area contributed by atoms with Gasteiger partial charge in [0.2, 0.25) is 0 Å². The van der Waals surface area contributed by atoms with Crippen LogP contribution in [0.15, 0.2) is 67.0 Å². The Morgan fingerprint density at radius 3 is 2.50 bits per heavy atom. The van der Waals surface area contributed by atoms with E-state index in [1.54, 1.807) is 6.08 Å². The summed E-state index contributed by atoms with van der Waals surface area (Å²) in [4.78, 5) is 15.6. The van der Waals surface area contributed by atoms with E-state index in [4.69, 9.17) is 15.2 Å². The number of ether oxygens (including phenoxy) is 2. The molecule has 2 aromatic carbocycles. The average Bonchev–Trinajstić information content (AvgIpc) is 3.20. The third-order valence-electron chi connectivity index (χ3n) is 5.95. The molecule has 0 atom stereocenters. The molecule has 8 nitrogen and oxygen atoms in total. The monoisotopic (exact) mass is 456 g/mol. The summed E-state index contributed by atoms with van der Waals surface area (Å²) in [5.41, 5.74) is 10.3. The lowest BCUT2D eigenvalue weighted by molar-refractivity contribution is -0.131. The van der Waals surface area contributed by atoms with E-state index in [1.807, 2.05) is 59.1 Å². The van der Waals surface area contributed by atoms with Gasteiger partial charge in [0.05, 0.1) is 5.69 Å². The normalized spacial score (nSPS) is 14.6. The quantitative estimate of drug-likeness (QED) is 0.402. The fraction of sp³-hybridized carbons (Fsp3) is 0.192. The Morgan fingerprint density at radius 1 is 1.09 bits per heavy atom. The van der Waals surface area contributed by atoms with E-state index >= 15 is 0 Å². The van der Waals surface area contributed by atoms with Crippen LogP contribution in [0.2, 0.25) is 0 Å². The summed E-state index contributed by atoms with van der Waals surface area (Å²) >= 11 is 0. The number of hydrogen-bond donors (Lipinski definition) is 2. The summed E-state index contributed by atoms with van der Waals surface area (Å²) in [5, 5.41) is 13.9. The number of nitrogens with zero attached hydrogens (tertiary/aromatic N) is 3. The number of nitrogen functional groups attached to an aromatic ring is 1. The van der Waals surface area contributed by atoms with E-state index in [9.17, 15) is 9.90 Å². The van der Waals surface area contributed by atoms with Crippen molar-refractivity contribution >= 4 is 23.4 Å². The van der Waals surface area contributed by atoms with Crippen molar-refractivity contribution in [3.8, 4) is 22.6 Å². The first kappa shape index (κ1) is 21.7. The molecule has 0 amide bonds. The molecule has 1 saturated heterocycles. The molecule has 3 heterocycles. The van der Waals surface area contributed by atoms with E-state index in [-0.39, 0.29) is 5.92 Å².